The third-order valence-electron chi connectivity index (χ3n) is 2.17. The SMILES string of the molecule is CC.CCNCC(C)Cc1ccccc1. The highest BCUT2D eigenvalue weighted by Crippen LogP contribution is 2.06. The standard InChI is InChI=1S/C12H19N.C2H6/c1-3-13-10-11(2)9-12-7-5-4-6-8-12;1-2/h4-8,11,13H,3,9-10H2,1-2H3;1-2H3. The fraction of sp³-hybridized carbons (Fsp3) is 0.571. The van der Waals surface area contributed by atoms with Crippen LogP contribution in [-0.2, 0) is 6.42 Å². The Morgan fingerprint density at radius 1 is 1.13 bits per heavy atom. The molecule has 0 aromatic heterocycles. The Balaban J connectivity index is 0.000000921. The molecule has 86 valence electrons. The van der Waals surface area contributed by atoms with Gasteiger partial charge in [0.15, 0.2) is 0 Å². The molecule has 1 aromatic carbocycles. The van der Waals surface area contributed by atoms with Gasteiger partial charge in [0.1, 0.15) is 0 Å². The lowest BCUT2D eigenvalue weighted by Gasteiger charge is -2.11. The second-order valence-corrected chi connectivity index (χ2v) is 3.60. The molecule has 0 amide bonds. The highest BCUT2D eigenvalue weighted by atomic mass is 14.8. The van der Waals surface area contributed by atoms with Gasteiger partial charge in [-0.15, -0.1) is 0 Å². The second-order valence-electron chi connectivity index (χ2n) is 3.60. The van der Waals surface area contributed by atoms with Crippen LogP contribution in [0.2, 0.25) is 0 Å². The van der Waals surface area contributed by atoms with Crippen LogP contribution in [0.5, 0.6) is 0 Å². The maximum Gasteiger partial charge on any atom is -0.00201 e. The summed E-state index contributed by atoms with van der Waals surface area (Å²) in [6.07, 6.45) is 1.17. The summed E-state index contributed by atoms with van der Waals surface area (Å²) in [4.78, 5) is 0. The van der Waals surface area contributed by atoms with Crippen molar-refractivity contribution in [3.63, 3.8) is 0 Å². The average molecular weight is 207 g/mol. The Kier molecular flexibility index (Phi) is 9.19. The first-order valence-corrected chi connectivity index (χ1v) is 6.07. The molecule has 0 heterocycles. The zero-order valence-corrected chi connectivity index (χ0v) is 10.6. The van der Waals surface area contributed by atoms with Crippen molar-refractivity contribution in [1.82, 2.24) is 5.32 Å². The van der Waals surface area contributed by atoms with Gasteiger partial charge in [-0.05, 0) is 31.0 Å². The first kappa shape index (κ1) is 14.2. The number of hydrogen-bond donors (Lipinski definition) is 1. The van der Waals surface area contributed by atoms with E-state index in [1.54, 1.807) is 0 Å². The van der Waals surface area contributed by atoms with Gasteiger partial charge in [0.25, 0.3) is 0 Å². The van der Waals surface area contributed by atoms with Crippen LogP contribution in [0.1, 0.15) is 33.3 Å². The predicted molar refractivity (Wildman–Crippen MR) is 69.2 cm³/mol. The summed E-state index contributed by atoms with van der Waals surface area (Å²) >= 11 is 0. The molecule has 0 fully saturated rings. The van der Waals surface area contributed by atoms with Crippen LogP contribution in [-0.4, -0.2) is 13.1 Å². The molecule has 1 unspecified atom stereocenters. The molecule has 1 rings (SSSR count). The maximum atomic E-state index is 3.37. The quantitative estimate of drug-likeness (QED) is 0.779. The monoisotopic (exact) mass is 207 g/mol. The van der Waals surface area contributed by atoms with E-state index in [2.05, 4.69) is 49.5 Å². The van der Waals surface area contributed by atoms with Crippen LogP contribution in [0.25, 0.3) is 0 Å². The van der Waals surface area contributed by atoms with E-state index in [1.165, 1.54) is 12.0 Å². The topological polar surface area (TPSA) is 12.0 Å². The van der Waals surface area contributed by atoms with Gasteiger partial charge in [0.2, 0.25) is 0 Å². The smallest absolute Gasteiger partial charge is 0.00201 e. The minimum absolute atomic E-state index is 0.724. The summed E-state index contributed by atoms with van der Waals surface area (Å²) in [7, 11) is 0. The third kappa shape index (κ3) is 7.15. The van der Waals surface area contributed by atoms with Gasteiger partial charge in [0, 0.05) is 0 Å². The highest BCUT2D eigenvalue weighted by molar-refractivity contribution is 5.15. The van der Waals surface area contributed by atoms with Crippen LogP contribution in [0.4, 0.5) is 0 Å². The number of benzene rings is 1. The molecular weight excluding hydrogens is 182 g/mol. The van der Waals surface area contributed by atoms with E-state index in [9.17, 15) is 0 Å². The van der Waals surface area contributed by atoms with Crippen molar-refractivity contribution in [3.05, 3.63) is 35.9 Å². The molecular formula is C14H25N. The largest absolute Gasteiger partial charge is 0.317 e. The molecule has 15 heavy (non-hydrogen) atoms. The minimum atomic E-state index is 0.724. The van der Waals surface area contributed by atoms with E-state index in [0.717, 1.165) is 19.0 Å². The molecule has 1 N–H and O–H groups in total. The average Bonchev–Trinajstić information content (AvgIpc) is 2.30. The molecule has 0 aliphatic rings. The van der Waals surface area contributed by atoms with Crippen molar-refractivity contribution in [2.45, 2.75) is 34.1 Å². The fourth-order valence-electron chi connectivity index (χ4n) is 1.48. The van der Waals surface area contributed by atoms with E-state index in [-0.39, 0.29) is 0 Å². The van der Waals surface area contributed by atoms with E-state index in [1.807, 2.05) is 13.8 Å². The second kappa shape index (κ2) is 9.72. The summed E-state index contributed by atoms with van der Waals surface area (Å²) in [5.41, 5.74) is 1.44. The molecule has 0 aliphatic carbocycles. The van der Waals surface area contributed by atoms with Crippen LogP contribution in [0, 0.1) is 5.92 Å². The number of hydrogen-bond acceptors (Lipinski definition) is 1. The number of nitrogens with one attached hydrogen (secondary N) is 1. The van der Waals surface area contributed by atoms with Crippen molar-refractivity contribution in [2.24, 2.45) is 5.92 Å². The molecule has 0 saturated carbocycles. The Hall–Kier alpha value is -0.820. The van der Waals surface area contributed by atoms with E-state index < -0.39 is 0 Å². The molecule has 0 radical (unpaired) electrons. The van der Waals surface area contributed by atoms with Gasteiger partial charge >= 0.3 is 0 Å². The van der Waals surface area contributed by atoms with E-state index in [4.69, 9.17) is 0 Å². The van der Waals surface area contributed by atoms with Gasteiger partial charge in [-0.2, -0.15) is 0 Å². The minimum Gasteiger partial charge on any atom is -0.317 e. The summed E-state index contributed by atoms with van der Waals surface area (Å²) in [6.45, 7) is 10.6. The molecule has 0 spiro atoms. The first-order chi connectivity index (χ1) is 7.33. The Labute approximate surface area is 94.9 Å². The van der Waals surface area contributed by atoms with Crippen LogP contribution in [0.15, 0.2) is 30.3 Å². The van der Waals surface area contributed by atoms with Crippen molar-refractivity contribution in [3.8, 4) is 0 Å². The zero-order valence-electron chi connectivity index (χ0n) is 10.6. The van der Waals surface area contributed by atoms with Gasteiger partial charge in [-0.3, -0.25) is 0 Å². The Morgan fingerprint density at radius 2 is 1.73 bits per heavy atom. The zero-order chi connectivity index (χ0) is 11.5. The Bertz CT molecular complexity index is 218. The van der Waals surface area contributed by atoms with Crippen molar-refractivity contribution in [2.75, 3.05) is 13.1 Å². The third-order valence-corrected chi connectivity index (χ3v) is 2.17. The van der Waals surface area contributed by atoms with Crippen LogP contribution < -0.4 is 5.32 Å². The fourth-order valence-corrected chi connectivity index (χ4v) is 1.48. The molecule has 1 nitrogen and oxygen atoms in total. The summed E-state index contributed by atoms with van der Waals surface area (Å²) in [5, 5.41) is 3.37. The predicted octanol–water partition coefficient (Wildman–Crippen LogP) is 3.50. The molecule has 1 heteroatoms. The van der Waals surface area contributed by atoms with Gasteiger partial charge in [0.05, 0.1) is 0 Å². The summed E-state index contributed by atoms with van der Waals surface area (Å²) in [5.74, 6) is 0.724. The summed E-state index contributed by atoms with van der Waals surface area (Å²) < 4.78 is 0. The molecule has 0 saturated heterocycles. The molecule has 1 atom stereocenters. The normalized spacial score (nSPS) is 11.5. The van der Waals surface area contributed by atoms with E-state index >= 15 is 0 Å². The van der Waals surface area contributed by atoms with Gasteiger partial charge in [-0.25, -0.2) is 0 Å². The van der Waals surface area contributed by atoms with Crippen molar-refractivity contribution >= 4 is 0 Å². The van der Waals surface area contributed by atoms with Gasteiger partial charge in [-0.1, -0.05) is 58.0 Å². The first-order valence-electron chi connectivity index (χ1n) is 6.07. The molecule has 1 aromatic rings. The van der Waals surface area contributed by atoms with Crippen LogP contribution >= 0.6 is 0 Å². The lowest BCUT2D eigenvalue weighted by atomic mass is 10.0. The highest BCUT2D eigenvalue weighted by Gasteiger charge is 2.01. The molecule has 0 aliphatic heterocycles. The Morgan fingerprint density at radius 3 is 2.27 bits per heavy atom. The number of rotatable bonds is 5. The maximum absolute atomic E-state index is 3.37. The molecule has 0 bridgehead atoms. The van der Waals surface area contributed by atoms with Crippen molar-refractivity contribution in [1.29, 1.82) is 0 Å². The van der Waals surface area contributed by atoms with Crippen molar-refractivity contribution < 1.29 is 0 Å². The van der Waals surface area contributed by atoms with Crippen LogP contribution in [0.3, 0.4) is 0 Å². The summed E-state index contributed by atoms with van der Waals surface area (Å²) in [6, 6.07) is 10.7. The lowest BCUT2D eigenvalue weighted by Crippen LogP contribution is -2.21. The lowest BCUT2D eigenvalue weighted by molar-refractivity contribution is 0.521. The van der Waals surface area contributed by atoms with Gasteiger partial charge < -0.3 is 5.32 Å². The van der Waals surface area contributed by atoms with E-state index in [0.29, 0.717) is 0 Å².